The summed E-state index contributed by atoms with van der Waals surface area (Å²) in [6.45, 7) is 5.53. The van der Waals surface area contributed by atoms with Gasteiger partial charge in [-0.3, -0.25) is 14.4 Å². The van der Waals surface area contributed by atoms with E-state index in [-0.39, 0.29) is 41.8 Å². The Morgan fingerprint density at radius 2 is 2.00 bits per heavy atom. The zero-order chi connectivity index (χ0) is 23.2. The number of nitrogens with one attached hydrogen (secondary N) is 1. The third-order valence-electron chi connectivity index (χ3n) is 7.80. The lowest BCUT2D eigenvalue weighted by molar-refractivity contribution is -0.155. The Morgan fingerprint density at radius 3 is 2.59 bits per heavy atom. The first-order chi connectivity index (χ1) is 15.3. The largest absolute Gasteiger partial charge is 0.466 e. The van der Waals surface area contributed by atoms with E-state index in [4.69, 9.17) is 9.47 Å². The first-order valence-corrected chi connectivity index (χ1v) is 12.9. The molecule has 1 saturated carbocycles. The molecular formula is C23H35BrN2O6. The van der Waals surface area contributed by atoms with Crippen molar-refractivity contribution in [2.24, 2.45) is 17.8 Å². The van der Waals surface area contributed by atoms with Crippen molar-refractivity contribution < 1.29 is 29.0 Å². The first kappa shape index (κ1) is 24.0. The van der Waals surface area contributed by atoms with Gasteiger partial charge in [0.05, 0.1) is 37.2 Å². The van der Waals surface area contributed by atoms with Crippen molar-refractivity contribution in [2.75, 3.05) is 13.2 Å². The number of esters is 1. The summed E-state index contributed by atoms with van der Waals surface area (Å²) in [5.74, 6) is -2.60. The van der Waals surface area contributed by atoms with Crippen molar-refractivity contribution in [3.8, 4) is 0 Å². The molecule has 3 saturated heterocycles. The average molecular weight is 515 g/mol. The Kier molecular flexibility index (Phi) is 6.90. The van der Waals surface area contributed by atoms with Crippen molar-refractivity contribution >= 4 is 33.7 Å². The molecule has 0 radical (unpaired) electrons. The lowest BCUT2D eigenvalue weighted by Crippen LogP contribution is -2.60. The highest BCUT2D eigenvalue weighted by Crippen LogP contribution is 2.60. The number of aliphatic hydroxyl groups excluding tert-OH is 1. The highest BCUT2D eigenvalue weighted by atomic mass is 79.9. The summed E-state index contributed by atoms with van der Waals surface area (Å²) in [7, 11) is 0. The van der Waals surface area contributed by atoms with Gasteiger partial charge in [0.1, 0.15) is 11.6 Å². The van der Waals surface area contributed by atoms with Gasteiger partial charge in [-0.1, -0.05) is 49.0 Å². The molecule has 2 bridgehead atoms. The molecule has 1 aliphatic carbocycles. The van der Waals surface area contributed by atoms with Gasteiger partial charge in [-0.2, -0.15) is 0 Å². The standard InChI is InChI=1S/C23H35BrN2O6/c1-4-31-22(30)16-17-21(29)26(15(11-27)12(2)3)19(23(17)10-14(24)18(16)32-23)20(28)25-13-8-6-5-7-9-13/h12-19,27H,4-11H2,1-3H3,(H,25,28)/t14?,15-,16-,17-,18-,19?,23?/m0/s1. The zero-order valence-corrected chi connectivity index (χ0v) is 20.7. The van der Waals surface area contributed by atoms with Crippen LogP contribution in [0.25, 0.3) is 0 Å². The third-order valence-corrected chi connectivity index (χ3v) is 8.64. The van der Waals surface area contributed by atoms with Crippen LogP contribution in [-0.4, -0.2) is 75.7 Å². The van der Waals surface area contributed by atoms with Gasteiger partial charge in [-0.15, -0.1) is 0 Å². The molecule has 0 aromatic heterocycles. The molecule has 0 aromatic carbocycles. The van der Waals surface area contributed by atoms with Crippen LogP contribution in [0, 0.1) is 17.8 Å². The normalized spacial score (nSPS) is 37.6. The van der Waals surface area contributed by atoms with Gasteiger partial charge in [0.2, 0.25) is 11.8 Å². The van der Waals surface area contributed by atoms with E-state index in [1.54, 1.807) is 6.92 Å². The van der Waals surface area contributed by atoms with Crippen LogP contribution >= 0.6 is 15.9 Å². The van der Waals surface area contributed by atoms with E-state index in [1.807, 2.05) is 13.8 Å². The molecule has 7 atom stereocenters. The maximum absolute atomic E-state index is 13.8. The zero-order valence-electron chi connectivity index (χ0n) is 19.1. The van der Waals surface area contributed by atoms with Gasteiger partial charge in [0, 0.05) is 10.9 Å². The molecule has 2 N–H and O–H groups in total. The van der Waals surface area contributed by atoms with Crippen LogP contribution < -0.4 is 5.32 Å². The molecule has 3 unspecified atom stereocenters. The average Bonchev–Trinajstić information content (AvgIpc) is 3.33. The number of halogens is 1. The maximum Gasteiger partial charge on any atom is 0.312 e. The number of rotatable bonds is 7. The number of ether oxygens (including phenoxy) is 2. The highest BCUT2D eigenvalue weighted by molar-refractivity contribution is 9.09. The third kappa shape index (κ3) is 3.68. The lowest BCUT2D eigenvalue weighted by Gasteiger charge is -2.39. The molecule has 2 amide bonds. The molecule has 3 heterocycles. The molecule has 3 aliphatic heterocycles. The van der Waals surface area contributed by atoms with Gasteiger partial charge < -0.3 is 24.8 Å². The van der Waals surface area contributed by atoms with Crippen LogP contribution in [0.3, 0.4) is 0 Å². The van der Waals surface area contributed by atoms with E-state index in [1.165, 1.54) is 11.3 Å². The molecule has 0 aromatic rings. The van der Waals surface area contributed by atoms with Crippen molar-refractivity contribution in [3.63, 3.8) is 0 Å². The fraction of sp³-hybridized carbons (Fsp3) is 0.870. The van der Waals surface area contributed by atoms with Crippen molar-refractivity contribution in [2.45, 2.75) is 94.0 Å². The quantitative estimate of drug-likeness (QED) is 0.396. The lowest BCUT2D eigenvalue weighted by atomic mass is 9.70. The van der Waals surface area contributed by atoms with Crippen molar-refractivity contribution in [3.05, 3.63) is 0 Å². The Bertz CT molecular complexity index is 757. The Hall–Kier alpha value is -1.19. The minimum absolute atomic E-state index is 0.0674. The topological polar surface area (TPSA) is 105 Å². The number of nitrogens with zero attached hydrogens (tertiary/aromatic N) is 1. The molecule has 4 aliphatic rings. The summed E-state index contributed by atoms with van der Waals surface area (Å²) in [5, 5.41) is 13.3. The molecule has 180 valence electrons. The number of carbonyl (C=O) groups is 3. The maximum atomic E-state index is 13.8. The molecule has 1 spiro atoms. The number of hydrogen-bond donors (Lipinski definition) is 2. The smallest absolute Gasteiger partial charge is 0.312 e. The highest BCUT2D eigenvalue weighted by Gasteiger charge is 2.77. The van der Waals surface area contributed by atoms with Crippen LogP contribution in [0.2, 0.25) is 0 Å². The second kappa shape index (κ2) is 9.22. The van der Waals surface area contributed by atoms with Crippen LogP contribution in [0.5, 0.6) is 0 Å². The van der Waals surface area contributed by atoms with E-state index in [0.717, 1.165) is 25.7 Å². The summed E-state index contributed by atoms with van der Waals surface area (Å²) in [6, 6.07) is -1.34. The van der Waals surface area contributed by atoms with E-state index in [2.05, 4.69) is 21.2 Å². The van der Waals surface area contributed by atoms with Crippen LogP contribution in [-0.2, 0) is 23.9 Å². The van der Waals surface area contributed by atoms with Gasteiger partial charge >= 0.3 is 5.97 Å². The number of amides is 2. The second-order valence-electron chi connectivity index (χ2n) is 10.00. The van der Waals surface area contributed by atoms with Gasteiger partial charge in [-0.05, 0) is 32.1 Å². The van der Waals surface area contributed by atoms with Gasteiger partial charge in [0.15, 0.2) is 0 Å². The predicted molar refractivity (Wildman–Crippen MR) is 120 cm³/mol. The summed E-state index contributed by atoms with van der Waals surface area (Å²) in [6.07, 6.45) is 5.11. The van der Waals surface area contributed by atoms with E-state index in [9.17, 15) is 19.5 Å². The van der Waals surface area contributed by atoms with Gasteiger partial charge in [0.25, 0.3) is 0 Å². The molecule has 32 heavy (non-hydrogen) atoms. The SMILES string of the molecule is CCOC(=O)[C@H]1[C@H]2C(=O)N([C@@H](CO)C(C)C)C(C(=O)NC3CCCCC3)C23CC(Br)[C@@H]1O3. The number of hydrogen-bond acceptors (Lipinski definition) is 6. The van der Waals surface area contributed by atoms with Gasteiger partial charge in [-0.25, -0.2) is 0 Å². The van der Waals surface area contributed by atoms with Crippen LogP contribution in [0.1, 0.15) is 59.3 Å². The summed E-state index contributed by atoms with van der Waals surface area (Å²) < 4.78 is 11.7. The van der Waals surface area contributed by atoms with Crippen LogP contribution in [0.4, 0.5) is 0 Å². The summed E-state index contributed by atoms with van der Waals surface area (Å²) >= 11 is 3.64. The Morgan fingerprint density at radius 1 is 1.31 bits per heavy atom. The fourth-order valence-corrected chi connectivity index (χ4v) is 7.32. The fourth-order valence-electron chi connectivity index (χ4n) is 6.38. The van der Waals surface area contributed by atoms with Crippen molar-refractivity contribution in [1.82, 2.24) is 10.2 Å². The number of likely N-dealkylation sites (tertiary alicyclic amines) is 1. The predicted octanol–water partition coefficient (Wildman–Crippen LogP) is 1.76. The summed E-state index contributed by atoms with van der Waals surface area (Å²) in [4.78, 5) is 41.9. The molecule has 4 rings (SSSR count). The monoisotopic (exact) mass is 514 g/mol. The molecule has 4 fully saturated rings. The van der Waals surface area contributed by atoms with Crippen LogP contribution in [0.15, 0.2) is 0 Å². The molecular weight excluding hydrogens is 480 g/mol. The van der Waals surface area contributed by atoms with E-state index in [0.29, 0.717) is 6.42 Å². The van der Waals surface area contributed by atoms with E-state index < -0.39 is 41.6 Å². The second-order valence-corrected chi connectivity index (χ2v) is 11.2. The van der Waals surface area contributed by atoms with E-state index >= 15 is 0 Å². The molecule has 8 nitrogen and oxygen atoms in total. The Balaban J connectivity index is 1.73. The molecule has 9 heteroatoms. The summed E-state index contributed by atoms with van der Waals surface area (Å²) in [5.41, 5.74) is -1.10. The number of aliphatic hydroxyl groups is 1. The van der Waals surface area contributed by atoms with Crippen molar-refractivity contribution in [1.29, 1.82) is 0 Å². The number of alkyl halides is 1. The minimum Gasteiger partial charge on any atom is -0.466 e. The number of carbonyl (C=O) groups excluding carboxylic acids is 3. The number of fused-ring (bicyclic) bond motifs is 1. The Labute approximate surface area is 197 Å². The minimum atomic E-state index is -1.10. The first-order valence-electron chi connectivity index (χ1n) is 12.0.